The smallest absolute Gasteiger partial charge is 0.348 e. The van der Waals surface area contributed by atoms with Crippen LogP contribution in [0.5, 0.6) is 0 Å². The summed E-state index contributed by atoms with van der Waals surface area (Å²) in [6.45, 7) is 0. The Morgan fingerprint density at radius 2 is 0.850 bits per heavy atom. The van der Waals surface area contributed by atoms with Crippen molar-refractivity contribution in [1.82, 2.24) is 0 Å². The number of ether oxygens (including phenoxy) is 9. The highest BCUT2D eigenvalue weighted by Gasteiger charge is 2.84. The molecule has 0 saturated heterocycles. The lowest BCUT2D eigenvalue weighted by atomic mass is 9.68. The molecule has 2 aliphatic heterocycles. The van der Waals surface area contributed by atoms with E-state index < -0.39 is 92.0 Å². The number of esters is 7. The maximum atomic E-state index is 13.6. The molecule has 216 valence electrons. The lowest BCUT2D eigenvalue weighted by Crippen LogP contribution is -2.49. The zero-order valence-electron chi connectivity index (χ0n) is 22.5. The van der Waals surface area contributed by atoms with Crippen molar-refractivity contribution in [3.05, 3.63) is 33.4 Å². The SMILES string of the molecule is COC(=O)C1=C(C(=O)OC)C1(C(=O)OC)C1=C(C(=O)OC)[C@]2(C(=O)OC)O[C@]1(OC)C(C(=O)OC)=C2C(=O)OC. The molecule has 3 rings (SSSR count). The Morgan fingerprint density at radius 3 is 1.23 bits per heavy atom. The van der Waals surface area contributed by atoms with Crippen LogP contribution in [0.2, 0.25) is 0 Å². The van der Waals surface area contributed by atoms with E-state index in [0.29, 0.717) is 0 Å². The van der Waals surface area contributed by atoms with Crippen molar-refractivity contribution in [1.29, 1.82) is 0 Å². The summed E-state index contributed by atoms with van der Waals surface area (Å²) in [7, 11) is 7.17. The molecule has 0 fully saturated rings. The zero-order chi connectivity index (χ0) is 30.4. The topological polar surface area (TPSA) is 203 Å². The Balaban J connectivity index is 2.69. The molecule has 0 aromatic rings. The van der Waals surface area contributed by atoms with Gasteiger partial charge in [-0.3, -0.25) is 4.79 Å². The van der Waals surface area contributed by atoms with Gasteiger partial charge in [0, 0.05) is 12.7 Å². The first-order valence-electron chi connectivity index (χ1n) is 11.0. The van der Waals surface area contributed by atoms with Gasteiger partial charge in [0.1, 0.15) is 11.1 Å². The molecule has 2 heterocycles. The van der Waals surface area contributed by atoms with Crippen LogP contribution >= 0.6 is 0 Å². The van der Waals surface area contributed by atoms with Crippen molar-refractivity contribution in [2.45, 2.75) is 11.4 Å². The number of hydrogen-bond donors (Lipinski definition) is 0. The Kier molecular flexibility index (Phi) is 7.64. The van der Waals surface area contributed by atoms with E-state index >= 15 is 0 Å². The molecule has 16 nitrogen and oxygen atoms in total. The summed E-state index contributed by atoms with van der Waals surface area (Å²) in [4.78, 5) is 92.7. The lowest BCUT2D eigenvalue weighted by Gasteiger charge is -2.34. The van der Waals surface area contributed by atoms with Crippen LogP contribution < -0.4 is 0 Å². The minimum absolute atomic E-state index is 0.707. The van der Waals surface area contributed by atoms with Crippen LogP contribution in [0.25, 0.3) is 0 Å². The Morgan fingerprint density at radius 1 is 0.475 bits per heavy atom. The third-order valence-corrected chi connectivity index (χ3v) is 6.67. The Hall–Kier alpha value is -4.57. The van der Waals surface area contributed by atoms with Gasteiger partial charge in [-0.25, -0.2) is 28.8 Å². The van der Waals surface area contributed by atoms with Crippen LogP contribution in [0.1, 0.15) is 0 Å². The van der Waals surface area contributed by atoms with E-state index in [-0.39, 0.29) is 0 Å². The molecule has 40 heavy (non-hydrogen) atoms. The first kappa shape index (κ1) is 30.0. The number of carbonyl (C=O) groups is 7. The molecular formula is C24H24O16. The molecule has 0 aromatic heterocycles. The second kappa shape index (κ2) is 10.2. The molecule has 0 amide bonds. The minimum atomic E-state index is -3.00. The van der Waals surface area contributed by atoms with Gasteiger partial charge in [-0.1, -0.05) is 0 Å². The van der Waals surface area contributed by atoms with Gasteiger partial charge >= 0.3 is 41.8 Å². The van der Waals surface area contributed by atoms with Crippen LogP contribution in [0, 0.1) is 5.41 Å². The average Bonchev–Trinajstić information content (AvgIpc) is 3.44. The minimum Gasteiger partial charge on any atom is -0.468 e. The van der Waals surface area contributed by atoms with Crippen LogP contribution in [-0.4, -0.2) is 110 Å². The van der Waals surface area contributed by atoms with Crippen LogP contribution in [0.4, 0.5) is 0 Å². The van der Waals surface area contributed by atoms with E-state index in [9.17, 15) is 33.6 Å². The first-order chi connectivity index (χ1) is 18.9. The predicted octanol–water partition coefficient (Wildman–Crippen LogP) is -1.79. The van der Waals surface area contributed by atoms with Crippen molar-refractivity contribution >= 4 is 41.8 Å². The third kappa shape index (κ3) is 3.35. The summed E-state index contributed by atoms with van der Waals surface area (Å²) in [6.07, 6.45) is 0. The van der Waals surface area contributed by atoms with Crippen molar-refractivity contribution in [3.8, 4) is 0 Å². The Labute approximate surface area is 225 Å². The summed E-state index contributed by atoms with van der Waals surface area (Å²) >= 11 is 0. The van der Waals surface area contributed by atoms with Gasteiger partial charge in [-0.2, -0.15) is 0 Å². The summed E-state index contributed by atoms with van der Waals surface area (Å²) in [6, 6.07) is 0. The number of carbonyl (C=O) groups excluding carboxylic acids is 7. The molecule has 16 heteroatoms. The van der Waals surface area contributed by atoms with Crippen LogP contribution in [0.3, 0.4) is 0 Å². The molecule has 2 bridgehead atoms. The third-order valence-electron chi connectivity index (χ3n) is 6.67. The number of rotatable bonds is 9. The van der Waals surface area contributed by atoms with Gasteiger partial charge in [0.05, 0.1) is 66.5 Å². The fraction of sp³-hybridized carbons (Fsp3) is 0.458. The van der Waals surface area contributed by atoms with Gasteiger partial charge in [0.2, 0.25) is 11.4 Å². The summed E-state index contributed by atoms with van der Waals surface area (Å²) in [5.74, 6) is -12.4. The van der Waals surface area contributed by atoms with Crippen molar-refractivity contribution in [2.24, 2.45) is 5.41 Å². The molecule has 0 unspecified atom stereocenters. The van der Waals surface area contributed by atoms with Crippen LogP contribution in [0.15, 0.2) is 33.4 Å². The highest BCUT2D eigenvalue weighted by Crippen LogP contribution is 2.71. The highest BCUT2D eigenvalue weighted by atomic mass is 16.7. The summed E-state index contributed by atoms with van der Waals surface area (Å²) in [5.41, 5.74) is -10.7. The van der Waals surface area contributed by atoms with E-state index in [2.05, 4.69) is 0 Å². The van der Waals surface area contributed by atoms with Crippen molar-refractivity contribution in [2.75, 3.05) is 56.9 Å². The maximum absolute atomic E-state index is 13.6. The average molecular weight is 568 g/mol. The molecule has 0 saturated carbocycles. The molecule has 2 atom stereocenters. The van der Waals surface area contributed by atoms with E-state index in [0.717, 1.165) is 56.9 Å². The van der Waals surface area contributed by atoms with Crippen molar-refractivity contribution in [3.63, 3.8) is 0 Å². The Bertz CT molecular complexity index is 1320. The van der Waals surface area contributed by atoms with Gasteiger partial charge in [-0.05, 0) is 0 Å². The second-order valence-corrected chi connectivity index (χ2v) is 8.05. The standard InChI is InChI=1S/C24H24O16/c1-32-15(25)9-10(16(26)33-2)22(9,20(30)37-6)14-13(19(29)36-5)23(21(31)38-7)11(17(27)34-3)12(18(28)35-4)24(14,39-8)40-23/h1-8H3/t23-,24-/m1/s1. The van der Waals surface area contributed by atoms with Crippen LogP contribution in [-0.2, 0) is 76.2 Å². The van der Waals surface area contributed by atoms with Gasteiger partial charge in [0.25, 0.3) is 0 Å². The molecule has 0 N–H and O–H groups in total. The molecule has 1 aliphatic carbocycles. The number of hydrogen-bond acceptors (Lipinski definition) is 16. The van der Waals surface area contributed by atoms with E-state index in [1.54, 1.807) is 0 Å². The lowest BCUT2D eigenvalue weighted by molar-refractivity contribution is -0.204. The molecule has 0 aromatic carbocycles. The van der Waals surface area contributed by atoms with E-state index in [1.165, 1.54) is 0 Å². The monoisotopic (exact) mass is 568 g/mol. The molecule has 3 aliphatic rings. The maximum Gasteiger partial charge on any atom is 0.348 e. The fourth-order valence-corrected chi connectivity index (χ4v) is 5.16. The van der Waals surface area contributed by atoms with E-state index in [4.69, 9.17) is 42.6 Å². The molecule has 0 radical (unpaired) electrons. The van der Waals surface area contributed by atoms with E-state index in [1.807, 2.05) is 0 Å². The molecule has 0 spiro atoms. The quantitative estimate of drug-likeness (QED) is 0.223. The predicted molar refractivity (Wildman–Crippen MR) is 121 cm³/mol. The summed E-state index contributed by atoms with van der Waals surface area (Å²) in [5, 5.41) is 0. The van der Waals surface area contributed by atoms with Gasteiger partial charge in [-0.15, -0.1) is 0 Å². The number of methoxy groups -OCH3 is 8. The highest BCUT2D eigenvalue weighted by molar-refractivity contribution is 6.25. The number of fused-ring (bicyclic) bond motifs is 2. The first-order valence-corrected chi connectivity index (χ1v) is 11.0. The largest absolute Gasteiger partial charge is 0.468 e. The zero-order valence-corrected chi connectivity index (χ0v) is 22.5. The second-order valence-electron chi connectivity index (χ2n) is 8.05. The normalized spacial score (nSPS) is 23.8. The van der Waals surface area contributed by atoms with Crippen molar-refractivity contribution < 1.29 is 76.2 Å². The molecular weight excluding hydrogens is 544 g/mol. The summed E-state index contributed by atoms with van der Waals surface area (Å²) < 4.78 is 45.1. The van der Waals surface area contributed by atoms with Gasteiger partial charge in [0.15, 0.2) is 5.41 Å². The fourth-order valence-electron chi connectivity index (χ4n) is 5.16. The van der Waals surface area contributed by atoms with Gasteiger partial charge < -0.3 is 42.6 Å².